The van der Waals surface area contributed by atoms with Gasteiger partial charge < -0.3 is 10.6 Å². The SMILES string of the molecule is CNCC(=O)NCCc1ccn(-c2ccc(F)cc2)n1.Cl. The first-order valence-corrected chi connectivity index (χ1v) is 6.41. The lowest BCUT2D eigenvalue weighted by molar-refractivity contribution is -0.120. The Morgan fingerprint density at radius 1 is 1.29 bits per heavy atom. The van der Waals surface area contributed by atoms with Crippen molar-refractivity contribution in [2.24, 2.45) is 0 Å². The van der Waals surface area contributed by atoms with Gasteiger partial charge in [-0.25, -0.2) is 9.07 Å². The fourth-order valence-electron chi connectivity index (χ4n) is 1.79. The van der Waals surface area contributed by atoms with E-state index < -0.39 is 0 Å². The molecule has 7 heteroatoms. The van der Waals surface area contributed by atoms with Gasteiger partial charge in [0, 0.05) is 19.2 Å². The van der Waals surface area contributed by atoms with Crippen LogP contribution in [0.15, 0.2) is 36.5 Å². The van der Waals surface area contributed by atoms with Gasteiger partial charge in [-0.3, -0.25) is 4.79 Å². The third-order valence-electron chi connectivity index (χ3n) is 2.78. The number of hydrogen-bond acceptors (Lipinski definition) is 3. The first-order chi connectivity index (χ1) is 9.69. The lowest BCUT2D eigenvalue weighted by Gasteiger charge is -2.03. The van der Waals surface area contributed by atoms with Crippen molar-refractivity contribution in [3.05, 3.63) is 48.0 Å². The Morgan fingerprint density at radius 3 is 2.67 bits per heavy atom. The summed E-state index contributed by atoms with van der Waals surface area (Å²) in [6.45, 7) is 0.852. The molecule has 0 aliphatic rings. The molecule has 2 rings (SSSR count). The molecule has 2 N–H and O–H groups in total. The molecule has 0 bridgehead atoms. The summed E-state index contributed by atoms with van der Waals surface area (Å²) in [5.74, 6) is -0.307. The molecular formula is C14H18ClFN4O. The summed E-state index contributed by atoms with van der Waals surface area (Å²) in [6.07, 6.45) is 2.47. The van der Waals surface area contributed by atoms with Crippen molar-refractivity contribution in [3.63, 3.8) is 0 Å². The van der Waals surface area contributed by atoms with E-state index in [2.05, 4.69) is 15.7 Å². The summed E-state index contributed by atoms with van der Waals surface area (Å²) in [7, 11) is 1.73. The van der Waals surface area contributed by atoms with Crippen LogP contribution in [0.25, 0.3) is 5.69 Å². The van der Waals surface area contributed by atoms with Crippen LogP contribution >= 0.6 is 12.4 Å². The minimum absolute atomic E-state index is 0. The van der Waals surface area contributed by atoms with E-state index in [0.29, 0.717) is 19.5 Å². The minimum atomic E-state index is -0.270. The molecule has 0 spiro atoms. The zero-order valence-electron chi connectivity index (χ0n) is 11.7. The summed E-state index contributed by atoms with van der Waals surface area (Å²) in [5.41, 5.74) is 1.68. The highest BCUT2D eigenvalue weighted by atomic mass is 35.5. The molecule has 0 saturated heterocycles. The van der Waals surface area contributed by atoms with Crippen molar-refractivity contribution >= 4 is 18.3 Å². The molecule has 2 aromatic rings. The van der Waals surface area contributed by atoms with Crippen molar-refractivity contribution in [2.45, 2.75) is 6.42 Å². The molecule has 0 atom stereocenters. The Kier molecular flexibility index (Phi) is 6.84. The summed E-state index contributed by atoms with van der Waals surface area (Å²) < 4.78 is 14.5. The van der Waals surface area contributed by atoms with Crippen LogP contribution in [0.2, 0.25) is 0 Å². The third-order valence-corrected chi connectivity index (χ3v) is 2.78. The van der Waals surface area contributed by atoms with E-state index in [1.807, 2.05) is 12.3 Å². The van der Waals surface area contributed by atoms with Gasteiger partial charge in [0.1, 0.15) is 5.82 Å². The van der Waals surface area contributed by atoms with Crippen LogP contribution in [0.4, 0.5) is 4.39 Å². The van der Waals surface area contributed by atoms with E-state index in [9.17, 15) is 9.18 Å². The van der Waals surface area contributed by atoms with E-state index in [-0.39, 0.29) is 24.1 Å². The zero-order chi connectivity index (χ0) is 14.4. The number of halogens is 2. The maximum atomic E-state index is 12.8. The topological polar surface area (TPSA) is 59.0 Å². The molecule has 5 nitrogen and oxygen atoms in total. The predicted octanol–water partition coefficient (Wildman–Crippen LogP) is 1.31. The molecule has 0 aliphatic heterocycles. The Morgan fingerprint density at radius 2 is 2.00 bits per heavy atom. The van der Waals surface area contributed by atoms with Crippen LogP contribution in [0.5, 0.6) is 0 Å². The number of carbonyl (C=O) groups is 1. The second-order valence-corrected chi connectivity index (χ2v) is 4.36. The predicted molar refractivity (Wildman–Crippen MR) is 81.4 cm³/mol. The molecule has 1 amide bonds. The molecule has 1 heterocycles. The number of likely N-dealkylation sites (N-methyl/N-ethyl adjacent to an activating group) is 1. The van der Waals surface area contributed by atoms with Gasteiger partial charge in [0.05, 0.1) is 17.9 Å². The molecular weight excluding hydrogens is 295 g/mol. The maximum Gasteiger partial charge on any atom is 0.233 e. The van der Waals surface area contributed by atoms with Gasteiger partial charge in [0.2, 0.25) is 5.91 Å². The van der Waals surface area contributed by atoms with E-state index in [0.717, 1.165) is 11.4 Å². The lowest BCUT2D eigenvalue weighted by Crippen LogP contribution is -2.33. The number of hydrogen-bond donors (Lipinski definition) is 2. The first-order valence-electron chi connectivity index (χ1n) is 6.41. The lowest BCUT2D eigenvalue weighted by atomic mass is 10.3. The summed E-state index contributed by atoms with van der Waals surface area (Å²) in [5, 5.41) is 9.95. The highest BCUT2D eigenvalue weighted by Gasteiger charge is 2.03. The van der Waals surface area contributed by atoms with Crippen molar-refractivity contribution < 1.29 is 9.18 Å². The number of amides is 1. The normalized spacial score (nSPS) is 10.0. The van der Waals surface area contributed by atoms with Crippen LogP contribution < -0.4 is 10.6 Å². The molecule has 1 aromatic carbocycles. The number of aromatic nitrogens is 2. The van der Waals surface area contributed by atoms with Gasteiger partial charge in [-0.1, -0.05) is 0 Å². The number of rotatable bonds is 6. The second kappa shape index (κ2) is 8.39. The fourth-order valence-corrected chi connectivity index (χ4v) is 1.79. The van der Waals surface area contributed by atoms with E-state index in [1.165, 1.54) is 12.1 Å². The van der Waals surface area contributed by atoms with E-state index >= 15 is 0 Å². The van der Waals surface area contributed by atoms with Gasteiger partial charge in [0.25, 0.3) is 0 Å². The number of nitrogens with zero attached hydrogens (tertiary/aromatic N) is 2. The Bertz CT molecular complexity index is 571. The van der Waals surface area contributed by atoms with Crippen LogP contribution in [-0.4, -0.2) is 35.8 Å². The van der Waals surface area contributed by atoms with Crippen LogP contribution in [0.3, 0.4) is 0 Å². The number of nitrogens with one attached hydrogen (secondary N) is 2. The van der Waals surface area contributed by atoms with Gasteiger partial charge in [0.15, 0.2) is 0 Å². The van der Waals surface area contributed by atoms with Crippen LogP contribution in [0.1, 0.15) is 5.69 Å². The van der Waals surface area contributed by atoms with E-state index in [4.69, 9.17) is 0 Å². The Hall–Kier alpha value is -1.92. The average molecular weight is 313 g/mol. The molecule has 0 saturated carbocycles. The largest absolute Gasteiger partial charge is 0.355 e. The summed E-state index contributed by atoms with van der Waals surface area (Å²) in [4.78, 5) is 11.3. The Balaban J connectivity index is 0.00000220. The molecule has 0 aliphatic carbocycles. The van der Waals surface area contributed by atoms with Crippen LogP contribution in [-0.2, 0) is 11.2 Å². The first kappa shape index (κ1) is 17.1. The fraction of sp³-hybridized carbons (Fsp3) is 0.286. The maximum absolute atomic E-state index is 12.8. The highest BCUT2D eigenvalue weighted by Crippen LogP contribution is 2.09. The van der Waals surface area contributed by atoms with Crippen LogP contribution in [0, 0.1) is 5.82 Å². The molecule has 1 aromatic heterocycles. The Labute approximate surface area is 129 Å². The summed E-state index contributed by atoms with van der Waals surface area (Å²) in [6, 6.07) is 8.01. The van der Waals surface area contributed by atoms with Gasteiger partial charge in [-0.05, 0) is 37.4 Å². The number of carbonyl (C=O) groups excluding carboxylic acids is 1. The summed E-state index contributed by atoms with van der Waals surface area (Å²) >= 11 is 0. The third kappa shape index (κ3) is 5.17. The smallest absolute Gasteiger partial charge is 0.233 e. The van der Waals surface area contributed by atoms with Crippen molar-refractivity contribution in [1.29, 1.82) is 0 Å². The standard InChI is InChI=1S/C14H17FN4O.ClH/c1-16-10-14(20)17-8-6-12-7-9-19(18-12)13-4-2-11(15)3-5-13;/h2-5,7,9,16H,6,8,10H2,1H3,(H,17,20);1H. The van der Waals surface area contributed by atoms with Gasteiger partial charge in [-0.2, -0.15) is 5.10 Å². The van der Waals surface area contributed by atoms with Gasteiger partial charge >= 0.3 is 0 Å². The quantitative estimate of drug-likeness (QED) is 0.845. The molecule has 21 heavy (non-hydrogen) atoms. The number of benzene rings is 1. The minimum Gasteiger partial charge on any atom is -0.355 e. The molecule has 0 fully saturated rings. The second-order valence-electron chi connectivity index (χ2n) is 4.36. The zero-order valence-corrected chi connectivity index (χ0v) is 12.5. The average Bonchev–Trinajstić information content (AvgIpc) is 2.89. The highest BCUT2D eigenvalue weighted by molar-refractivity contribution is 5.85. The van der Waals surface area contributed by atoms with Crippen molar-refractivity contribution in [2.75, 3.05) is 20.1 Å². The molecule has 114 valence electrons. The van der Waals surface area contributed by atoms with E-state index in [1.54, 1.807) is 23.9 Å². The monoisotopic (exact) mass is 312 g/mol. The van der Waals surface area contributed by atoms with Crippen molar-refractivity contribution in [1.82, 2.24) is 20.4 Å². The van der Waals surface area contributed by atoms with Crippen molar-refractivity contribution in [3.8, 4) is 5.69 Å². The molecule has 0 unspecified atom stereocenters. The molecule has 0 radical (unpaired) electrons. The van der Waals surface area contributed by atoms with Gasteiger partial charge in [-0.15, -0.1) is 12.4 Å².